The van der Waals surface area contributed by atoms with Crippen molar-refractivity contribution in [1.82, 2.24) is 15.3 Å². The van der Waals surface area contributed by atoms with Crippen LogP contribution in [-0.4, -0.2) is 23.1 Å². The highest BCUT2D eigenvalue weighted by Gasteiger charge is 2.22. The molecule has 16 heavy (non-hydrogen) atoms. The summed E-state index contributed by atoms with van der Waals surface area (Å²) in [7, 11) is 0. The van der Waals surface area contributed by atoms with Gasteiger partial charge in [-0.25, -0.2) is 9.97 Å². The van der Waals surface area contributed by atoms with Crippen molar-refractivity contribution in [1.29, 1.82) is 0 Å². The molecule has 1 unspecified atom stereocenters. The van der Waals surface area contributed by atoms with Crippen LogP contribution in [0.2, 0.25) is 0 Å². The number of aryl methyl sites for hydroxylation is 2. The number of nitrogens with zero attached hydrogens (tertiary/aromatic N) is 2. The Labute approximate surface area is 97.7 Å². The molecule has 0 bridgehead atoms. The lowest BCUT2D eigenvalue weighted by atomic mass is 9.95. The van der Waals surface area contributed by atoms with E-state index in [-0.39, 0.29) is 0 Å². The summed E-state index contributed by atoms with van der Waals surface area (Å²) < 4.78 is 0. The first-order valence-electron chi connectivity index (χ1n) is 6.15. The van der Waals surface area contributed by atoms with Gasteiger partial charge in [-0.15, -0.1) is 0 Å². The number of hydrogen-bond acceptors (Lipinski definition) is 3. The third kappa shape index (κ3) is 2.09. The minimum atomic E-state index is 0.410. The highest BCUT2D eigenvalue weighted by molar-refractivity contribution is 5.30. The van der Waals surface area contributed by atoms with Gasteiger partial charge in [0.1, 0.15) is 5.82 Å². The monoisotopic (exact) mass is 219 g/mol. The molecule has 1 aromatic heterocycles. The van der Waals surface area contributed by atoms with Crippen molar-refractivity contribution in [3.05, 3.63) is 22.8 Å². The molecular weight excluding hydrogens is 198 g/mol. The zero-order valence-corrected chi connectivity index (χ0v) is 10.7. The van der Waals surface area contributed by atoms with Gasteiger partial charge in [0, 0.05) is 29.8 Å². The molecule has 2 rings (SSSR count). The summed E-state index contributed by atoms with van der Waals surface area (Å²) in [5.41, 5.74) is 3.71. The van der Waals surface area contributed by atoms with Gasteiger partial charge >= 0.3 is 0 Å². The van der Waals surface area contributed by atoms with E-state index in [1.54, 1.807) is 0 Å². The average molecular weight is 219 g/mol. The topological polar surface area (TPSA) is 37.8 Å². The molecule has 0 aromatic carbocycles. The molecule has 1 N–H and O–H groups in total. The predicted octanol–water partition coefficient (Wildman–Crippen LogP) is 2.29. The van der Waals surface area contributed by atoms with E-state index < -0.39 is 0 Å². The van der Waals surface area contributed by atoms with Gasteiger partial charge in [0.2, 0.25) is 0 Å². The highest BCUT2D eigenvalue weighted by atomic mass is 14.9. The quantitative estimate of drug-likeness (QED) is 0.829. The summed E-state index contributed by atoms with van der Waals surface area (Å²) in [6.45, 7) is 10.7. The Bertz CT molecular complexity index is 356. The van der Waals surface area contributed by atoms with Crippen LogP contribution in [0.4, 0.5) is 0 Å². The van der Waals surface area contributed by atoms with Gasteiger partial charge in [-0.1, -0.05) is 13.8 Å². The third-order valence-electron chi connectivity index (χ3n) is 3.33. The Hall–Kier alpha value is -0.960. The number of rotatable bonds is 2. The third-order valence-corrected chi connectivity index (χ3v) is 3.33. The smallest absolute Gasteiger partial charge is 0.131 e. The SMILES string of the molecule is Cc1nc(C(C)C)nc(C)c1C1CCNC1. The lowest BCUT2D eigenvalue weighted by Crippen LogP contribution is -2.13. The number of nitrogens with one attached hydrogen (secondary N) is 1. The zero-order valence-electron chi connectivity index (χ0n) is 10.7. The summed E-state index contributed by atoms with van der Waals surface area (Å²) in [5, 5.41) is 3.41. The molecule has 1 fully saturated rings. The van der Waals surface area contributed by atoms with Crippen molar-refractivity contribution in [2.75, 3.05) is 13.1 Å². The molecule has 2 heterocycles. The summed E-state index contributed by atoms with van der Waals surface area (Å²) >= 11 is 0. The molecule has 88 valence electrons. The molecule has 0 saturated carbocycles. The number of aromatic nitrogens is 2. The maximum absolute atomic E-state index is 4.64. The van der Waals surface area contributed by atoms with E-state index in [0.717, 1.165) is 18.9 Å². The second-order valence-electron chi connectivity index (χ2n) is 5.01. The van der Waals surface area contributed by atoms with Crippen LogP contribution < -0.4 is 5.32 Å². The number of hydrogen-bond donors (Lipinski definition) is 1. The molecular formula is C13H21N3. The molecule has 1 saturated heterocycles. The van der Waals surface area contributed by atoms with Gasteiger partial charge in [-0.2, -0.15) is 0 Å². The molecule has 0 spiro atoms. The van der Waals surface area contributed by atoms with Crippen LogP contribution in [0.15, 0.2) is 0 Å². The van der Waals surface area contributed by atoms with Crippen molar-refractivity contribution in [2.24, 2.45) is 0 Å². The van der Waals surface area contributed by atoms with Gasteiger partial charge in [-0.05, 0) is 32.4 Å². The van der Waals surface area contributed by atoms with Crippen molar-refractivity contribution in [3.8, 4) is 0 Å². The summed E-state index contributed by atoms with van der Waals surface area (Å²) in [6, 6.07) is 0. The maximum atomic E-state index is 4.64. The van der Waals surface area contributed by atoms with Crippen LogP contribution in [0.5, 0.6) is 0 Å². The van der Waals surface area contributed by atoms with Crippen molar-refractivity contribution in [3.63, 3.8) is 0 Å². The summed E-state index contributed by atoms with van der Waals surface area (Å²) in [5.74, 6) is 2.00. The van der Waals surface area contributed by atoms with Gasteiger partial charge in [-0.3, -0.25) is 0 Å². The lowest BCUT2D eigenvalue weighted by molar-refractivity contribution is 0.700. The molecule has 1 aliphatic heterocycles. The Morgan fingerprint density at radius 1 is 1.19 bits per heavy atom. The average Bonchev–Trinajstić information content (AvgIpc) is 2.69. The minimum absolute atomic E-state index is 0.410. The first-order chi connectivity index (χ1) is 7.59. The molecule has 0 amide bonds. The van der Waals surface area contributed by atoms with Gasteiger partial charge < -0.3 is 5.32 Å². The fourth-order valence-corrected chi connectivity index (χ4v) is 2.50. The Morgan fingerprint density at radius 3 is 2.25 bits per heavy atom. The Balaban J connectivity index is 2.38. The predicted molar refractivity (Wildman–Crippen MR) is 65.8 cm³/mol. The highest BCUT2D eigenvalue weighted by Crippen LogP contribution is 2.27. The largest absolute Gasteiger partial charge is 0.316 e. The van der Waals surface area contributed by atoms with Crippen LogP contribution >= 0.6 is 0 Å². The first-order valence-corrected chi connectivity index (χ1v) is 6.15. The summed E-state index contributed by atoms with van der Waals surface area (Å²) in [6.07, 6.45) is 1.21. The van der Waals surface area contributed by atoms with Gasteiger partial charge in [0.05, 0.1) is 0 Å². The molecule has 1 aliphatic rings. The first kappa shape index (κ1) is 11.5. The van der Waals surface area contributed by atoms with E-state index in [1.807, 2.05) is 0 Å². The standard InChI is InChI=1S/C13H21N3/c1-8(2)13-15-9(3)12(10(4)16-13)11-5-6-14-7-11/h8,11,14H,5-7H2,1-4H3. The molecule has 0 radical (unpaired) electrons. The van der Waals surface area contributed by atoms with Crippen molar-refractivity contribution >= 4 is 0 Å². The minimum Gasteiger partial charge on any atom is -0.316 e. The van der Waals surface area contributed by atoms with E-state index in [9.17, 15) is 0 Å². The maximum Gasteiger partial charge on any atom is 0.131 e. The van der Waals surface area contributed by atoms with Crippen LogP contribution in [0.25, 0.3) is 0 Å². The molecule has 1 atom stereocenters. The fourth-order valence-electron chi connectivity index (χ4n) is 2.50. The van der Waals surface area contributed by atoms with Crippen LogP contribution in [0.3, 0.4) is 0 Å². The molecule has 3 nitrogen and oxygen atoms in total. The van der Waals surface area contributed by atoms with Crippen LogP contribution in [0.1, 0.15) is 54.9 Å². The Kier molecular flexibility index (Phi) is 3.24. The summed E-state index contributed by atoms with van der Waals surface area (Å²) in [4.78, 5) is 9.28. The van der Waals surface area contributed by atoms with E-state index in [4.69, 9.17) is 0 Å². The van der Waals surface area contributed by atoms with E-state index in [2.05, 4.69) is 43.0 Å². The molecule has 0 aliphatic carbocycles. The van der Waals surface area contributed by atoms with Crippen LogP contribution in [-0.2, 0) is 0 Å². The van der Waals surface area contributed by atoms with E-state index >= 15 is 0 Å². The second kappa shape index (κ2) is 4.50. The molecule has 1 aromatic rings. The van der Waals surface area contributed by atoms with E-state index in [0.29, 0.717) is 11.8 Å². The normalized spacial score (nSPS) is 20.7. The second-order valence-corrected chi connectivity index (χ2v) is 5.01. The van der Waals surface area contributed by atoms with Crippen LogP contribution in [0, 0.1) is 13.8 Å². The lowest BCUT2D eigenvalue weighted by Gasteiger charge is -2.16. The van der Waals surface area contributed by atoms with Crippen molar-refractivity contribution in [2.45, 2.75) is 46.0 Å². The van der Waals surface area contributed by atoms with Crippen molar-refractivity contribution < 1.29 is 0 Å². The van der Waals surface area contributed by atoms with E-state index in [1.165, 1.54) is 23.4 Å². The molecule has 3 heteroatoms. The Morgan fingerprint density at radius 2 is 1.81 bits per heavy atom. The fraction of sp³-hybridized carbons (Fsp3) is 0.692. The van der Waals surface area contributed by atoms with Gasteiger partial charge in [0.25, 0.3) is 0 Å². The van der Waals surface area contributed by atoms with Gasteiger partial charge in [0.15, 0.2) is 0 Å². The zero-order chi connectivity index (χ0) is 11.7.